The monoisotopic (exact) mass is 249 g/mol. The predicted octanol–water partition coefficient (Wildman–Crippen LogP) is 3.15. The Bertz CT molecular complexity index is 377. The molecule has 0 saturated heterocycles. The Kier molecular flexibility index (Phi) is 6.29. The zero-order valence-corrected chi connectivity index (χ0v) is 11.5. The van der Waals surface area contributed by atoms with E-state index in [9.17, 15) is 0 Å². The summed E-state index contributed by atoms with van der Waals surface area (Å²) < 4.78 is 11.1. The number of rotatable bonds is 8. The van der Waals surface area contributed by atoms with Crippen molar-refractivity contribution in [2.24, 2.45) is 0 Å². The Labute approximate surface area is 110 Å². The lowest BCUT2D eigenvalue weighted by Crippen LogP contribution is -2.14. The second kappa shape index (κ2) is 7.77. The van der Waals surface area contributed by atoms with E-state index in [1.165, 1.54) is 5.56 Å². The molecular formula is C15H23NO2. The normalized spacial score (nSPS) is 11.9. The number of ether oxygens (including phenoxy) is 2. The van der Waals surface area contributed by atoms with E-state index in [0.29, 0.717) is 0 Å². The van der Waals surface area contributed by atoms with Gasteiger partial charge in [-0.1, -0.05) is 25.6 Å². The topological polar surface area (TPSA) is 30.5 Å². The van der Waals surface area contributed by atoms with Crippen molar-refractivity contribution in [2.45, 2.75) is 32.9 Å². The van der Waals surface area contributed by atoms with Crippen molar-refractivity contribution in [3.05, 3.63) is 36.4 Å². The average Bonchev–Trinajstić information content (AvgIpc) is 2.39. The lowest BCUT2D eigenvalue weighted by Gasteiger charge is -2.15. The highest BCUT2D eigenvalue weighted by molar-refractivity contribution is 5.43. The summed E-state index contributed by atoms with van der Waals surface area (Å²) >= 11 is 0. The molecule has 0 amide bonds. The van der Waals surface area contributed by atoms with Crippen molar-refractivity contribution in [3.8, 4) is 11.5 Å². The minimum absolute atomic E-state index is 0.0299. The molecule has 1 aromatic carbocycles. The second-order valence-electron chi connectivity index (χ2n) is 4.22. The Morgan fingerprint density at radius 1 is 1.39 bits per heavy atom. The van der Waals surface area contributed by atoms with Gasteiger partial charge in [-0.05, 0) is 37.6 Å². The maximum Gasteiger partial charge on any atom is 0.162 e. The third-order valence-corrected chi connectivity index (χ3v) is 2.63. The standard InChI is InChI=1S/C15H23NO2/c1-5-9-16-11-13-7-8-14(17-4)15(10-13)18-12(3)6-2/h6-8,10,12,16H,2,5,9,11H2,1,3-4H3. The average molecular weight is 249 g/mol. The summed E-state index contributed by atoms with van der Waals surface area (Å²) in [5.74, 6) is 1.52. The van der Waals surface area contributed by atoms with Crippen LogP contribution in [0.25, 0.3) is 0 Å². The molecule has 0 heterocycles. The Morgan fingerprint density at radius 3 is 2.78 bits per heavy atom. The molecule has 1 aromatic rings. The van der Waals surface area contributed by atoms with Crippen molar-refractivity contribution in [3.63, 3.8) is 0 Å². The van der Waals surface area contributed by atoms with Gasteiger partial charge >= 0.3 is 0 Å². The van der Waals surface area contributed by atoms with Gasteiger partial charge in [-0.3, -0.25) is 0 Å². The van der Waals surface area contributed by atoms with Crippen molar-refractivity contribution >= 4 is 0 Å². The zero-order valence-electron chi connectivity index (χ0n) is 11.5. The van der Waals surface area contributed by atoms with Crippen LogP contribution in [0.1, 0.15) is 25.8 Å². The Morgan fingerprint density at radius 2 is 2.17 bits per heavy atom. The highest BCUT2D eigenvalue weighted by Crippen LogP contribution is 2.29. The summed E-state index contributed by atoms with van der Waals surface area (Å²) in [5.41, 5.74) is 1.19. The van der Waals surface area contributed by atoms with E-state index in [-0.39, 0.29) is 6.10 Å². The minimum Gasteiger partial charge on any atom is -0.493 e. The van der Waals surface area contributed by atoms with E-state index < -0.39 is 0 Å². The van der Waals surface area contributed by atoms with Crippen molar-refractivity contribution in [2.75, 3.05) is 13.7 Å². The first-order chi connectivity index (χ1) is 8.71. The summed E-state index contributed by atoms with van der Waals surface area (Å²) in [4.78, 5) is 0. The van der Waals surface area contributed by atoms with Crippen LogP contribution in [0.4, 0.5) is 0 Å². The molecule has 0 aliphatic heterocycles. The number of methoxy groups -OCH3 is 1. The quantitative estimate of drug-likeness (QED) is 0.567. The summed E-state index contributed by atoms with van der Waals surface area (Å²) in [6.45, 7) is 9.69. The molecule has 0 bridgehead atoms. The maximum absolute atomic E-state index is 5.76. The third-order valence-electron chi connectivity index (χ3n) is 2.63. The van der Waals surface area contributed by atoms with Gasteiger partial charge in [-0.2, -0.15) is 0 Å². The molecule has 0 aromatic heterocycles. The van der Waals surface area contributed by atoms with Crippen LogP contribution in [-0.4, -0.2) is 19.8 Å². The van der Waals surface area contributed by atoms with Gasteiger partial charge in [0.25, 0.3) is 0 Å². The first kappa shape index (κ1) is 14.6. The van der Waals surface area contributed by atoms with Crippen molar-refractivity contribution in [1.29, 1.82) is 0 Å². The fraction of sp³-hybridized carbons (Fsp3) is 0.467. The van der Waals surface area contributed by atoms with Gasteiger partial charge in [0.05, 0.1) is 7.11 Å². The van der Waals surface area contributed by atoms with Gasteiger partial charge in [0, 0.05) is 6.54 Å². The molecule has 1 atom stereocenters. The van der Waals surface area contributed by atoms with Crippen LogP contribution < -0.4 is 14.8 Å². The fourth-order valence-corrected chi connectivity index (χ4v) is 1.58. The molecule has 3 heteroatoms. The van der Waals surface area contributed by atoms with E-state index in [1.54, 1.807) is 13.2 Å². The molecule has 100 valence electrons. The van der Waals surface area contributed by atoms with E-state index >= 15 is 0 Å². The lowest BCUT2D eigenvalue weighted by molar-refractivity contribution is 0.254. The minimum atomic E-state index is -0.0299. The fourth-order valence-electron chi connectivity index (χ4n) is 1.58. The van der Waals surface area contributed by atoms with Crippen LogP contribution in [0.5, 0.6) is 11.5 Å². The molecule has 0 aliphatic carbocycles. The molecular weight excluding hydrogens is 226 g/mol. The van der Waals surface area contributed by atoms with Gasteiger partial charge in [0.1, 0.15) is 6.10 Å². The van der Waals surface area contributed by atoms with Crippen molar-refractivity contribution in [1.82, 2.24) is 5.32 Å². The van der Waals surface area contributed by atoms with Crippen molar-refractivity contribution < 1.29 is 9.47 Å². The molecule has 0 radical (unpaired) electrons. The first-order valence-corrected chi connectivity index (χ1v) is 6.38. The van der Waals surface area contributed by atoms with Crippen LogP contribution >= 0.6 is 0 Å². The van der Waals surface area contributed by atoms with E-state index in [4.69, 9.17) is 9.47 Å². The summed E-state index contributed by atoms with van der Waals surface area (Å²) in [7, 11) is 1.65. The summed E-state index contributed by atoms with van der Waals surface area (Å²) in [5, 5.41) is 3.37. The van der Waals surface area contributed by atoms with E-state index in [2.05, 4.69) is 18.8 Å². The van der Waals surface area contributed by atoms with Gasteiger partial charge in [-0.15, -0.1) is 0 Å². The Balaban J connectivity index is 2.77. The summed E-state index contributed by atoms with van der Waals surface area (Å²) in [6, 6.07) is 6.00. The smallest absolute Gasteiger partial charge is 0.162 e. The summed E-state index contributed by atoms with van der Waals surface area (Å²) in [6.07, 6.45) is 2.87. The largest absolute Gasteiger partial charge is 0.493 e. The van der Waals surface area contributed by atoms with Crippen LogP contribution in [0.3, 0.4) is 0 Å². The van der Waals surface area contributed by atoms with Gasteiger partial charge < -0.3 is 14.8 Å². The third kappa shape index (κ3) is 4.41. The zero-order chi connectivity index (χ0) is 13.4. The highest BCUT2D eigenvalue weighted by atomic mass is 16.5. The molecule has 18 heavy (non-hydrogen) atoms. The van der Waals surface area contributed by atoms with Gasteiger partial charge in [-0.25, -0.2) is 0 Å². The number of nitrogens with one attached hydrogen (secondary N) is 1. The SMILES string of the molecule is C=CC(C)Oc1cc(CNCCC)ccc1OC. The van der Waals surface area contributed by atoms with Gasteiger partial charge in [0.2, 0.25) is 0 Å². The lowest BCUT2D eigenvalue weighted by atomic mass is 10.2. The van der Waals surface area contributed by atoms with E-state index in [1.807, 2.05) is 25.1 Å². The van der Waals surface area contributed by atoms with Gasteiger partial charge in [0.15, 0.2) is 11.5 Å². The molecule has 0 spiro atoms. The number of hydrogen-bond acceptors (Lipinski definition) is 3. The highest BCUT2D eigenvalue weighted by Gasteiger charge is 2.08. The van der Waals surface area contributed by atoms with Crippen LogP contribution in [-0.2, 0) is 6.54 Å². The van der Waals surface area contributed by atoms with E-state index in [0.717, 1.165) is 31.0 Å². The number of hydrogen-bond donors (Lipinski definition) is 1. The van der Waals surface area contributed by atoms with Crippen LogP contribution in [0.15, 0.2) is 30.9 Å². The molecule has 0 fully saturated rings. The Hall–Kier alpha value is -1.48. The second-order valence-corrected chi connectivity index (χ2v) is 4.22. The molecule has 1 N–H and O–H groups in total. The molecule has 0 aliphatic rings. The molecule has 1 unspecified atom stereocenters. The van der Waals surface area contributed by atoms with Crippen LogP contribution in [0.2, 0.25) is 0 Å². The molecule has 0 saturated carbocycles. The molecule has 1 rings (SSSR count). The number of benzene rings is 1. The van der Waals surface area contributed by atoms with Crippen LogP contribution in [0, 0.1) is 0 Å². The molecule has 3 nitrogen and oxygen atoms in total. The predicted molar refractivity (Wildman–Crippen MR) is 75.3 cm³/mol. The maximum atomic E-state index is 5.76. The first-order valence-electron chi connectivity index (χ1n) is 6.38.